The van der Waals surface area contributed by atoms with Crippen molar-refractivity contribution < 1.29 is 37.3 Å². The van der Waals surface area contributed by atoms with Crippen LogP contribution in [0.5, 0.6) is 0 Å². The van der Waals surface area contributed by atoms with Crippen LogP contribution < -0.4 is 5.32 Å². The lowest BCUT2D eigenvalue weighted by Gasteiger charge is -2.27. The number of likely N-dealkylation sites (N-methyl/N-ethyl adjacent to an activating group) is 1. The van der Waals surface area contributed by atoms with E-state index in [4.69, 9.17) is 13.8 Å². The molecule has 9 nitrogen and oxygen atoms in total. The molecule has 0 rings (SSSR count). The molecule has 0 radical (unpaired) electrons. The Morgan fingerprint density at radius 3 is 1.50 bits per heavy atom. The van der Waals surface area contributed by atoms with Crippen molar-refractivity contribution in [1.82, 2.24) is 5.32 Å². The van der Waals surface area contributed by atoms with Gasteiger partial charge in [0.25, 0.3) is 0 Å². The highest BCUT2D eigenvalue weighted by atomic mass is 31.2. The van der Waals surface area contributed by atoms with Crippen molar-refractivity contribution in [3.8, 4) is 0 Å². The number of allylic oxidation sites excluding steroid dienone is 19. The molecule has 0 bridgehead atoms. The molecule has 0 saturated carbocycles. The summed E-state index contributed by atoms with van der Waals surface area (Å²) in [6.07, 6.45) is 70.6. The molecule has 3 unspecified atom stereocenters. The normalized spacial score (nSPS) is 14.7. The number of amides is 1. The smallest absolute Gasteiger partial charge is 0.456 e. The van der Waals surface area contributed by atoms with E-state index in [0.717, 1.165) is 109 Å². The highest BCUT2D eigenvalue weighted by Gasteiger charge is 2.30. The highest BCUT2D eigenvalue weighted by Crippen LogP contribution is 2.43. The molecule has 0 aliphatic heterocycles. The Labute approximate surface area is 442 Å². The number of quaternary nitrogens is 1. The van der Waals surface area contributed by atoms with E-state index in [0.29, 0.717) is 23.9 Å². The number of hydrogen-bond donors (Lipinski definition) is 2. The first kappa shape index (κ1) is 68.4. The van der Waals surface area contributed by atoms with Gasteiger partial charge in [0.2, 0.25) is 5.91 Å². The van der Waals surface area contributed by atoms with Crippen molar-refractivity contribution in [2.45, 2.75) is 219 Å². The van der Waals surface area contributed by atoms with Crippen molar-refractivity contribution in [2.24, 2.45) is 0 Å². The van der Waals surface area contributed by atoms with Gasteiger partial charge in [-0.3, -0.25) is 18.6 Å². The van der Waals surface area contributed by atoms with Crippen molar-refractivity contribution in [1.29, 1.82) is 0 Å². The summed E-state index contributed by atoms with van der Waals surface area (Å²) >= 11 is 0. The van der Waals surface area contributed by atoms with Crippen LogP contribution in [0.15, 0.2) is 122 Å². The van der Waals surface area contributed by atoms with Crippen LogP contribution in [-0.4, -0.2) is 74.3 Å². The van der Waals surface area contributed by atoms with Gasteiger partial charge in [0.05, 0.1) is 33.8 Å². The maximum atomic E-state index is 13.5. The van der Waals surface area contributed by atoms with E-state index in [9.17, 15) is 19.0 Å². The van der Waals surface area contributed by atoms with Gasteiger partial charge in [-0.1, -0.05) is 213 Å². The van der Waals surface area contributed by atoms with Gasteiger partial charge in [-0.2, -0.15) is 0 Å². The van der Waals surface area contributed by atoms with Gasteiger partial charge in [0, 0.05) is 12.8 Å². The Morgan fingerprint density at radius 2 is 0.958 bits per heavy atom. The maximum absolute atomic E-state index is 13.5. The van der Waals surface area contributed by atoms with Crippen LogP contribution in [0.3, 0.4) is 0 Å². The minimum Gasteiger partial charge on any atom is -0.456 e. The first-order chi connectivity index (χ1) is 34.9. The van der Waals surface area contributed by atoms with Crippen LogP contribution in [0.25, 0.3) is 0 Å². The van der Waals surface area contributed by atoms with E-state index in [-0.39, 0.29) is 37.9 Å². The first-order valence-electron chi connectivity index (χ1n) is 28.4. The molecule has 0 fully saturated rings. The number of carbonyl (C=O) groups is 2. The van der Waals surface area contributed by atoms with Crippen LogP contribution in [0.4, 0.5) is 0 Å². The Hall–Kier alpha value is -3.59. The molecular weight excluding hydrogens is 916 g/mol. The second-order valence-electron chi connectivity index (χ2n) is 19.8. The van der Waals surface area contributed by atoms with Crippen LogP contribution in [0, 0.1) is 0 Å². The zero-order chi connectivity index (χ0) is 52.9. The van der Waals surface area contributed by atoms with Crippen LogP contribution in [0.1, 0.15) is 207 Å². The number of carbonyl (C=O) groups excluding carboxylic acids is 2. The summed E-state index contributed by atoms with van der Waals surface area (Å²) in [5.74, 6) is -0.592. The van der Waals surface area contributed by atoms with Crippen LogP contribution in [-0.2, 0) is 27.9 Å². The predicted octanol–water partition coefficient (Wildman–Crippen LogP) is 17.2. The van der Waals surface area contributed by atoms with E-state index < -0.39 is 20.0 Å². The molecule has 2 N–H and O–H groups in total. The third-order valence-electron chi connectivity index (χ3n) is 11.7. The second kappa shape index (κ2) is 50.9. The fraction of sp³-hybridized carbons (Fsp3) is 0.645. The van der Waals surface area contributed by atoms with Crippen molar-refractivity contribution in [3.63, 3.8) is 0 Å². The SMILES string of the molecule is CC/C=C\C/C=C\C/C=C\C/C=C\C/C=C\C/C=C\CCCCC(=O)NC(COP(=O)(O)OCC[N+](C)(C)C)C(/C=C\CCCCCCCCCCCC)OC(=O)CCCCCCC\C=C/C=C/C=C/CC. The average molecular weight is 1020 g/mol. The number of nitrogens with one attached hydrogen (secondary N) is 1. The van der Waals surface area contributed by atoms with Crippen LogP contribution >= 0.6 is 7.82 Å². The molecule has 3 atom stereocenters. The monoisotopic (exact) mass is 1020 g/mol. The zero-order valence-corrected chi connectivity index (χ0v) is 47.5. The molecule has 1 amide bonds. The average Bonchev–Trinajstić information content (AvgIpc) is 3.34. The molecule has 0 aromatic carbocycles. The Kier molecular flexibility index (Phi) is 48.4. The molecule has 0 aromatic heterocycles. The van der Waals surface area contributed by atoms with Gasteiger partial charge in [-0.15, -0.1) is 0 Å². The topological polar surface area (TPSA) is 111 Å². The van der Waals surface area contributed by atoms with Crippen LogP contribution in [0.2, 0.25) is 0 Å². The Morgan fingerprint density at radius 1 is 0.514 bits per heavy atom. The minimum absolute atomic E-state index is 0.0211. The summed E-state index contributed by atoms with van der Waals surface area (Å²) in [7, 11) is 1.43. The molecule has 10 heteroatoms. The summed E-state index contributed by atoms with van der Waals surface area (Å²) in [5, 5.41) is 3.01. The maximum Gasteiger partial charge on any atom is 0.472 e. The third-order valence-corrected chi connectivity index (χ3v) is 12.7. The summed E-state index contributed by atoms with van der Waals surface area (Å²) in [4.78, 5) is 37.5. The minimum atomic E-state index is -4.47. The third kappa shape index (κ3) is 51.3. The van der Waals surface area contributed by atoms with E-state index >= 15 is 0 Å². The summed E-state index contributed by atoms with van der Waals surface area (Å²) in [6.45, 7) is 6.68. The Balaban J connectivity index is 5.44. The lowest BCUT2D eigenvalue weighted by molar-refractivity contribution is -0.870. The molecule has 72 heavy (non-hydrogen) atoms. The molecule has 0 heterocycles. The Bertz CT molecular complexity index is 1650. The lowest BCUT2D eigenvalue weighted by Crippen LogP contribution is -2.47. The van der Waals surface area contributed by atoms with Crippen molar-refractivity contribution >= 4 is 19.7 Å². The number of phosphoric acid groups is 1. The van der Waals surface area contributed by atoms with E-state index in [1.807, 2.05) is 39.4 Å². The molecule has 0 aliphatic rings. The number of hydrogen-bond acceptors (Lipinski definition) is 6. The number of nitrogens with zero attached hydrogens (tertiary/aromatic N) is 1. The fourth-order valence-electron chi connectivity index (χ4n) is 7.35. The zero-order valence-electron chi connectivity index (χ0n) is 46.6. The van der Waals surface area contributed by atoms with Crippen molar-refractivity contribution in [3.05, 3.63) is 122 Å². The second-order valence-corrected chi connectivity index (χ2v) is 21.2. The number of unbranched alkanes of at least 4 members (excludes halogenated alkanes) is 17. The molecule has 0 aromatic rings. The molecule has 0 spiro atoms. The lowest BCUT2D eigenvalue weighted by atomic mass is 10.1. The van der Waals surface area contributed by atoms with Crippen molar-refractivity contribution in [2.75, 3.05) is 40.9 Å². The van der Waals surface area contributed by atoms with E-state index in [1.54, 1.807) is 0 Å². The quantitative estimate of drug-likeness (QED) is 0.0156. The fourth-order valence-corrected chi connectivity index (χ4v) is 8.09. The number of ether oxygens (including phenoxy) is 1. The molecule has 0 aliphatic carbocycles. The molecular formula is C62H106N2O7P+. The van der Waals surface area contributed by atoms with E-state index in [2.05, 4.69) is 129 Å². The van der Waals surface area contributed by atoms with Gasteiger partial charge < -0.3 is 19.4 Å². The standard InChI is InChI=1S/C62H105N2O7P/c1-7-10-13-16-19-22-25-28-29-30-31-32-33-34-35-37-39-42-45-48-51-54-61(65)63-59(58-70-72(67,68)69-57-56-64(4,5)6)60(53-50-47-44-41-38-27-24-21-18-15-12-9-3)71-62(66)55-52-49-46-43-40-36-26-23-20-17-14-11-8-2/h10-11,13-14,17,19-20,22-23,26,28-29,31-32,34-35,39,42,50,53,59-60H,7-9,12,15-16,18,21,24-25,27,30,33,36-38,40-41,43-49,51-52,54-58H2,1-6H3,(H-,63,65,67,68)/p+1/b13-10-,14-11+,20-17+,22-19-,26-23-,29-28-,32-31-,35-34-,42-39-,53-50-. The number of esters is 1. The van der Waals surface area contributed by atoms with E-state index in [1.165, 1.54) is 51.4 Å². The number of phosphoric ester groups is 1. The summed E-state index contributed by atoms with van der Waals surface area (Å²) in [5.41, 5.74) is 0. The summed E-state index contributed by atoms with van der Waals surface area (Å²) < 4.78 is 30.5. The van der Waals surface area contributed by atoms with Gasteiger partial charge in [0.1, 0.15) is 19.3 Å². The molecule has 0 saturated heterocycles. The van der Waals surface area contributed by atoms with Gasteiger partial charge >= 0.3 is 13.8 Å². The number of rotatable bonds is 49. The largest absolute Gasteiger partial charge is 0.472 e. The van der Waals surface area contributed by atoms with Gasteiger partial charge in [0.15, 0.2) is 0 Å². The first-order valence-corrected chi connectivity index (χ1v) is 29.9. The predicted molar refractivity (Wildman–Crippen MR) is 309 cm³/mol. The molecule has 410 valence electrons. The van der Waals surface area contributed by atoms with Gasteiger partial charge in [-0.05, 0) is 102 Å². The van der Waals surface area contributed by atoms with Gasteiger partial charge in [-0.25, -0.2) is 4.57 Å². The summed E-state index contributed by atoms with van der Waals surface area (Å²) in [6, 6.07) is -0.887. The highest BCUT2D eigenvalue weighted by molar-refractivity contribution is 7.47.